The fraction of sp³-hybridized carbons (Fsp3) is 0.765. The molecule has 0 spiro atoms. The lowest BCUT2D eigenvalue weighted by molar-refractivity contribution is -0.366. The first-order valence-electron chi connectivity index (χ1n) is 16.9. The molecular formula is C34H51F3N4O7. The number of rotatable bonds is 9. The standard InChI is InChI=1S/C34H51F3N4O7/c1-20(21-12-9-8-10-13-21)40(30(42)34(35,36)37)19-22-14-15-24(48-41-32(2,3)16-11-17-33(41,4)5)29(45-22)46-27-23(38)18-25(44-7)26-28(27)47-31(43)39(26)6/h8-10,12-13,20,22-29H,11,14-19,38H2,1-7H3/t20-,22+,23+,24+,25+,26-,27-,28-,29-/m1/s1. The van der Waals surface area contributed by atoms with E-state index in [1.807, 2.05) is 5.06 Å². The summed E-state index contributed by atoms with van der Waals surface area (Å²) in [5.41, 5.74) is 6.57. The molecule has 4 aliphatic rings. The van der Waals surface area contributed by atoms with Gasteiger partial charge >= 0.3 is 18.2 Å². The minimum atomic E-state index is -5.08. The van der Waals surface area contributed by atoms with Gasteiger partial charge < -0.3 is 34.5 Å². The van der Waals surface area contributed by atoms with Gasteiger partial charge in [0.05, 0.1) is 18.2 Å². The molecule has 5 rings (SSSR count). The van der Waals surface area contributed by atoms with Gasteiger partial charge in [-0.05, 0) is 78.7 Å². The third kappa shape index (κ3) is 7.48. The highest BCUT2D eigenvalue weighted by Gasteiger charge is 2.56. The molecule has 0 bridgehead atoms. The van der Waals surface area contributed by atoms with Crippen LogP contribution in [0.1, 0.15) is 84.7 Å². The molecule has 3 aliphatic heterocycles. The summed E-state index contributed by atoms with van der Waals surface area (Å²) in [6.07, 6.45) is -6.23. The average Bonchev–Trinajstić information content (AvgIpc) is 3.32. The fourth-order valence-electron chi connectivity index (χ4n) is 7.98. The van der Waals surface area contributed by atoms with Crippen molar-refractivity contribution < 1.29 is 46.5 Å². The fourth-order valence-corrected chi connectivity index (χ4v) is 7.98. The number of ether oxygens (including phenoxy) is 4. The first-order valence-corrected chi connectivity index (χ1v) is 16.9. The van der Waals surface area contributed by atoms with Crippen LogP contribution in [0, 0.1) is 0 Å². The Balaban J connectivity index is 1.43. The van der Waals surface area contributed by atoms with Gasteiger partial charge in [-0.2, -0.15) is 18.2 Å². The Kier molecular flexibility index (Phi) is 10.7. The zero-order chi connectivity index (χ0) is 35.2. The molecule has 3 saturated heterocycles. The third-order valence-corrected chi connectivity index (χ3v) is 10.5. The zero-order valence-corrected chi connectivity index (χ0v) is 28.9. The monoisotopic (exact) mass is 684 g/mol. The lowest BCUT2D eigenvalue weighted by atomic mass is 9.82. The molecule has 4 fully saturated rings. The Bertz CT molecular complexity index is 1270. The molecule has 14 heteroatoms. The van der Waals surface area contributed by atoms with Gasteiger partial charge in [0, 0.05) is 37.8 Å². The number of methoxy groups -OCH3 is 1. The molecule has 2 N–H and O–H groups in total. The Morgan fingerprint density at radius 2 is 1.75 bits per heavy atom. The predicted octanol–water partition coefficient (Wildman–Crippen LogP) is 4.94. The predicted molar refractivity (Wildman–Crippen MR) is 169 cm³/mol. The molecule has 0 radical (unpaired) electrons. The highest BCUT2D eigenvalue weighted by atomic mass is 19.4. The minimum Gasteiger partial charge on any atom is -0.441 e. The van der Waals surface area contributed by atoms with E-state index in [0.717, 1.165) is 24.2 Å². The van der Waals surface area contributed by atoms with E-state index in [1.165, 1.54) is 4.90 Å². The molecule has 1 aromatic rings. The number of alkyl halides is 3. The molecule has 9 atom stereocenters. The maximum absolute atomic E-state index is 13.9. The highest BCUT2D eigenvalue weighted by Crippen LogP contribution is 2.42. The van der Waals surface area contributed by atoms with E-state index >= 15 is 0 Å². The average molecular weight is 685 g/mol. The van der Waals surface area contributed by atoms with Crippen LogP contribution in [-0.2, 0) is 28.6 Å². The van der Waals surface area contributed by atoms with Crippen molar-refractivity contribution in [3.8, 4) is 0 Å². The molecule has 2 amide bonds. The summed E-state index contributed by atoms with van der Waals surface area (Å²) in [6.45, 7) is 9.70. The Morgan fingerprint density at radius 3 is 2.35 bits per heavy atom. The van der Waals surface area contributed by atoms with Gasteiger partial charge in [0.15, 0.2) is 12.4 Å². The maximum Gasteiger partial charge on any atom is 0.471 e. The van der Waals surface area contributed by atoms with Gasteiger partial charge in [0.25, 0.3) is 0 Å². The summed E-state index contributed by atoms with van der Waals surface area (Å²) in [5, 5.41) is 2.00. The first kappa shape index (κ1) is 36.8. The van der Waals surface area contributed by atoms with Crippen LogP contribution in [0.15, 0.2) is 30.3 Å². The van der Waals surface area contributed by atoms with Gasteiger partial charge in [-0.15, -0.1) is 0 Å². The van der Waals surface area contributed by atoms with Crippen LogP contribution < -0.4 is 5.73 Å². The summed E-state index contributed by atoms with van der Waals surface area (Å²) in [6, 6.07) is 6.64. The molecule has 0 unspecified atom stereocenters. The molecule has 11 nitrogen and oxygen atoms in total. The van der Waals surface area contributed by atoms with E-state index in [-0.39, 0.29) is 23.7 Å². The summed E-state index contributed by atoms with van der Waals surface area (Å²) < 4.78 is 66.3. The summed E-state index contributed by atoms with van der Waals surface area (Å²) in [5.74, 6) is -1.95. The van der Waals surface area contributed by atoms with Crippen molar-refractivity contribution in [2.24, 2.45) is 5.73 Å². The minimum absolute atomic E-state index is 0.314. The van der Waals surface area contributed by atoms with Crippen molar-refractivity contribution in [2.45, 2.75) is 145 Å². The number of hydrogen-bond acceptors (Lipinski definition) is 9. The molecular weight excluding hydrogens is 633 g/mol. The number of nitrogens with zero attached hydrogens (tertiary/aromatic N) is 3. The Labute approximate surface area is 281 Å². The van der Waals surface area contributed by atoms with Crippen molar-refractivity contribution in [1.82, 2.24) is 14.9 Å². The van der Waals surface area contributed by atoms with Crippen molar-refractivity contribution in [3.05, 3.63) is 35.9 Å². The second kappa shape index (κ2) is 14.0. The zero-order valence-electron chi connectivity index (χ0n) is 28.9. The summed E-state index contributed by atoms with van der Waals surface area (Å²) >= 11 is 0. The normalized spacial score (nSPS) is 34.3. The van der Waals surface area contributed by atoms with E-state index in [0.29, 0.717) is 24.8 Å². The molecule has 0 aromatic heterocycles. The molecule has 48 heavy (non-hydrogen) atoms. The van der Waals surface area contributed by atoms with Crippen LogP contribution in [-0.4, -0.2) is 114 Å². The van der Waals surface area contributed by atoms with Crippen molar-refractivity contribution in [1.29, 1.82) is 0 Å². The van der Waals surface area contributed by atoms with E-state index in [4.69, 9.17) is 29.5 Å². The van der Waals surface area contributed by atoms with Crippen molar-refractivity contribution in [3.63, 3.8) is 0 Å². The van der Waals surface area contributed by atoms with Crippen LogP contribution in [0.25, 0.3) is 0 Å². The first-order chi connectivity index (χ1) is 22.4. The number of benzene rings is 1. The van der Waals surface area contributed by atoms with E-state index in [9.17, 15) is 22.8 Å². The van der Waals surface area contributed by atoms with E-state index < -0.39 is 67.0 Å². The molecule has 1 aromatic carbocycles. The SMILES string of the molecule is CO[C@H]1C[C@H](N)[C@@H](O[C@H]2O[C@H](CN(C(=O)C(F)(F)F)[C@H](C)c3ccccc3)CC[C@@H]2ON2C(C)(C)CCCC2(C)C)[C@@H]2OC(=O)N(C)[C@@H]21. The quantitative estimate of drug-likeness (QED) is 0.387. The molecule has 270 valence electrons. The number of fused-ring (bicyclic) bond motifs is 1. The number of carbonyl (C=O) groups is 2. The maximum atomic E-state index is 13.9. The number of hydrogen-bond donors (Lipinski definition) is 1. The number of halogens is 3. The molecule has 3 heterocycles. The highest BCUT2D eigenvalue weighted by molar-refractivity contribution is 5.82. The van der Waals surface area contributed by atoms with Crippen LogP contribution in [0.5, 0.6) is 0 Å². The van der Waals surface area contributed by atoms with Crippen molar-refractivity contribution in [2.75, 3.05) is 20.7 Å². The van der Waals surface area contributed by atoms with Gasteiger partial charge in [-0.3, -0.25) is 9.63 Å². The van der Waals surface area contributed by atoms with E-state index in [1.54, 1.807) is 51.4 Å². The van der Waals surface area contributed by atoms with E-state index in [2.05, 4.69) is 27.7 Å². The number of piperidine rings is 1. The molecule has 1 aliphatic carbocycles. The lowest BCUT2D eigenvalue weighted by Crippen LogP contribution is -2.64. The van der Waals surface area contributed by atoms with Crippen LogP contribution in [0.2, 0.25) is 0 Å². The summed E-state index contributed by atoms with van der Waals surface area (Å²) in [4.78, 5) is 34.5. The number of carbonyl (C=O) groups excluding carboxylic acids is 2. The number of amides is 2. The van der Waals surface area contributed by atoms with Gasteiger partial charge in [0.2, 0.25) is 0 Å². The van der Waals surface area contributed by atoms with Crippen LogP contribution in [0.4, 0.5) is 18.0 Å². The topological polar surface area (TPSA) is 116 Å². The third-order valence-electron chi connectivity index (χ3n) is 10.5. The number of likely N-dealkylation sites (N-methyl/N-ethyl adjacent to an activating group) is 1. The van der Waals surface area contributed by atoms with Crippen LogP contribution >= 0.6 is 0 Å². The van der Waals surface area contributed by atoms with Gasteiger partial charge in [0.1, 0.15) is 18.2 Å². The van der Waals surface area contributed by atoms with Crippen LogP contribution in [0.3, 0.4) is 0 Å². The molecule has 1 saturated carbocycles. The van der Waals surface area contributed by atoms with Gasteiger partial charge in [-0.25, -0.2) is 4.79 Å². The Hall–Kier alpha value is -2.49. The second-order valence-corrected chi connectivity index (χ2v) is 14.9. The second-order valence-electron chi connectivity index (χ2n) is 14.9. The van der Waals surface area contributed by atoms with Gasteiger partial charge in [-0.1, -0.05) is 30.3 Å². The number of hydroxylamine groups is 2. The summed E-state index contributed by atoms with van der Waals surface area (Å²) in [7, 11) is 3.18. The smallest absolute Gasteiger partial charge is 0.441 e. The Morgan fingerprint density at radius 1 is 1.10 bits per heavy atom. The largest absolute Gasteiger partial charge is 0.471 e. The number of nitrogens with two attached hydrogens (primary N) is 1. The lowest BCUT2D eigenvalue weighted by Gasteiger charge is -2.54. The van der Waals surface area contributed by atoms with Crippen molar-refractivity contribution >= 4 is 12.0 Å².